The van der Waals surface area contributed by atoms with Crippen molar-refractivity contribution in [2.24, 2.45) is 0 Å². The second-order valence-electron chi connectivity index (χ2n) is 10.2. The maximum atomic E-state index is 14.5. The monoisotopic (exact) mass is 594 g/mol. The van der Waals surface area contributed by atoms with E-state index in [4.69, 9.17) is 0 Å². The van der Waals surface area contributed by atoms with Crippen LogP contribution in [0.3, 0.4) is 0 Å². The second-order valence-corrected chi connectivity index (χ2v) is 11.3. The third kappa shape index (κ3) is 6.00. The van der Waals surface area contributed by atoms with Crippen molar-refractivity contribution < 1.29 is 18.9 Å². The molecule has 0 aromatic heterocycles. The summed E-state index contributed by atoms with van der Waals surface area (Å²) in [6.45, 7) is 2.43. The molecule has 2 heterocycles. The summed E-state index contributed by atoms with van der Waals surface area (Å²) in [6, 6.07) is 27.7. The molecule has 6 rings (SSSR count). The highest BCUT2D eigenvalue weighted by Crippen LogP contribution is 2.42. The number of carbonyl (C=O) groups is 2. The molecule has 0 bridgehead atoms. The maximum Gasteiger partial charge on any atom is 0.269 e. The van der Waals surface area contributed by atoms with Crippen molar-refractivity contribution in [2.75, 3.05) is 36.0 Å². The van der Waals surface area contributed by atoms with Crippen molar-refractivity contribution in [2.45, 2.75) is 11.4 Å². The molecule has 0 unspecified atom stereocenters. The molecule has 216 valence electrons. The Morgan fingerprint density at radius 1 is 0.884 bits per heavy atom. The van der Waals surface area contributed by atoms with Crippen molar-refractivity contribution in [3.63, 3.8) is 0 Å². The molecule has 43 heavy (non-hydrogen) atoms. The van der Waals surface area contributed by atoms with E-state index in [0.717, 1.165) is 21.8 Å². The van der Waals surface area contributed by atoms with Gasteiger partial charge in [-0.1, -0.05) is 54.2 Å². The molecule has 1 fully saturated rings. The van der Waals surface area contributed by atoms with E-state index in [1.54, 1.807) is 58.3 Å². The third-order valence-corrected chi connectivity index (χ3v) is 8.64. The van der Waals surface area contributed by atoms with Gasteiger partial charge in [-0.25, -0.2) is 4.39 Å². The largest absolute Gasteiger partial charge is 0.368 e. The zero-order chi connectivity index (χ0) is 29.9. The van der Waals surface area contributed by atoms with Crippen molar-refractivity contribution in [1.82, 2.24) is 4.90 Å². The molecular weight excluding hydrogens is 567 g/mol. The Bertz CT molecular complexity index is 1720. The number of halogens is 1. The molecule has 4 aromatic rings. The Morgan fingerprint density at radius 2 is 1.56 bits per heavy atom. The number of piperazine rings is 1. The molecule has 2 amide bonds. The van der Waals surface area contributed by atoms with Gasteiger partial charge in [-0.05, 0) is 54.1 Å². The van der Waals surface area contributed by atoms with Gasteiger partial charge in [-0.3, -0.25) is 19.7 Å². The first-order valence-corrected chi connectivity index (χ1v) is 14.6. The Kier molecular flexibility index (Phi) is 7.93. The Balaban J connectivity index is 1.14. The smallest absolute Gasteiger partial charge is 0.269 e. The van der Waals surface area contributed by atoms with Gasteiger partial charge < -0.3 is 14.7 Å². The molecule has 0 atom stereocenters. The molecule has 2 aliphatic heterocycles. The number of nitro groups is 1. The number of thioether (sulfide) groups is 1. The second kappa shape index (κ2) is 12.1. The van der Waals surface area contributed by atoms with Crippen LogP contribution in [0.2, 0.25) is 0 Å². The van der Waals surface area contributed by atoms with Crippen LogP contribution in [0.1, 0.15) is 21.5 Å². The molecule has 8 nitrogen and oxygen atoms in total. The molecule has 2 aliphatic rings. The molecule has 0 radical (unpaired) electrons. The lowest BCUT2D eigenvalue weighted by Crippen LogP contribution is -2.48. The van der Waals surface area contributed by atoms with Gasteiger partial charge >= 0.3 is 0 Å². The number of carbonyl (C=O) groups excluding carboxylic acids is 2. The minimum absolute atomic E-state index is 0.0489. The number of fused-ring (bicyclic) bond motifs is 1. The molecule has 4 aromatic carbocycles. The molecule has 0 N–H and O–H groups in total. The number of non-ortho nitro benzene ring substituents is 1. The normalized spacial score (nSPS) is 15.9. The first kappa shape index (κ1) is 28.2. The van der Waals surface area contributed by atoms with E-state index >= 15 is 0 Å². The van der Waals surface area contributed by atoms with E-state index in [9.17, 15) is 24.1 Å². The van der Waals surface area contributed by atoms with Gasteiger partial charge in [0.1, 0.15) is 5.82 Å². The van der Waals surface area contributed by atoms with Crippen LogP contribution in [0.25, 0.3) is 6.08 Å². The fraction of sp³-hybridized carbons (Fsp3) is 0.152. The lowest BCUT2D eigenvalue weighted by atomic mass is 10.1. The first-order valence-electron chi connectivity index (χ1n) is 13.8. The Morgan fingerprint density at radius 3 is 2.26 bits per heavy atom. The fourth-order valence-corrected chi connectivity index (χ4v) is 6.28. The average Bonchev–Trinajstić information content (AvgIpc) is 3.04. The van der Waals surface area contributed by atoms with E-state index in [-0.39, 0.29) is 29.9 Å². The van der Waals surface area contributed by atoms with Gasteiger partial charge in [0.05, 0.1) is 22.1 Å². The molecule has 0 saturated carbocycles. The van der Waals surface area contributed by atoms with Crippen molar-refractivity contribution in [1.29, 1.82) is 0 Å². The lowest BCUT2D eigenvalue weighted by molar-refractivity contribution is -0.384. The number of hydrogen-bond donors (Lipinski definition) is 0. The summed E-state index contributed by atoms with van der Waals surface area (Å²) in [6.07, 6.45) is 1.80. The number of nitro benzene ring substituents is 1. The Hall–Kier alpha value is -4.96. The quantitative estimate of drug-likeness (QED) is 0.146. The van der Waals surface area contributed by atoms with E-state index in [1.807, 2.05) is 36.4 Å². The van der Waals surface area contributed by atoms with E-state index < -0.39 is 4.92 Å². The first-order chi connectivity index (χ1) is 20.9. The number of hydrogen-bond acceptors (Lipinski definition) is 6. The van der Waals surface area contributed by atoms with Crippen molar-refractivity contribution in [3.8, 4) is 0 Å². The van der Waals surface area contributed by atoms with E-state index in [0.29, 0.717) is 42.2 Å². The SMILES string of the molecule is O=C(c1ccc(/C=C2\Sc3ccccc3N(Cc3ccccc3F)C2=O)cc1)N1CCN(c2ccc([N+](=O)[O-])cc2)CC1. The summed E-state index contributed by atoms with van der Waals surface area (Å²) in [5.41, 5.74) is 3.45. The predicted molar refractivity (Wildman–Crippen MR) is 166 cm³/mol. The van der Waals surface area contributed by atoms with Gasteiger partial charge in [0.15, 0.2) is 0 Å². The third-order valence-electron chi connectivity index (χ3n) is 7.57. The number of anilines is 2. The zero-order valence-electron chi connectivity index (χ0n) is 23.1. The van der Waals surface area contributed by atoms with Gasteiger partial charge in [0, 0.05) is 60.0 Å². The summed E-state index contributed by atoms with van der Waals surface area (Å²) in [4.78, 5) is 44.2. The summed E-state index contributed by atoms with van der Waals surface area (Å²) in [5.74, 6) is -0.641. The van der Waals surface area contributed by atoms with Gasteiger partial charge in [-0.15, -0.1) is 0 Å². The molecule has 0 aliphatic carbocycles. The maximum absolute atomic E-state index is 14.5. The summed E-state index contributed by atoms with van der Waals surface area (Å²) >= 11 is 1.38. The van der Waals surface area contributed by atoms with Crippen molar-refractivity contribution in [3.05, 3.63) is 135 Å². The molecule has 10 heteroatoms. The summed E-state index contributed by atoms with van der Waals surface area (Å²) in [5, 5.41) is 10.9. The van der Waals surface area contributed by atoms with Crippen LogP contribution in [0.5, 0.6) is 0 Å². The van der Waals surface area contributed by atoms with E-state index in [2.05, 4.69) is 4.90 Å². The van der Waals surface area contributed by atoms with Gasteiger partial charge in [-0.2, -0.15) is 0 Å². The molecular formula is C33H27FN4O4S. The fourth-order valence-electron chi connectivity index (χ4n) is 5.22. The highest BCUT2D eigenvalue weighted by Gasteiger charge is 2.30. The average molecular weight is 595 g/mol. The van der Waals surface area contributed by atoms with E-state index in [1.165, 1.54) is 30.0 Å². The zero-order valence-corrected chi connectivity index (χ0v) is 23.9. The topological polar surface area (TPSA) is 87.0 Å². The van der Waals surface area contributed by atoms with Crippen LogP contribution in [0, 0.1) is 15.9 Å². The standard InChI is InChI=1S/C33H27FN4O4S/c34-28-6-2-1-5-25(28)22-37-29-7-3-4-8-30(29)43-31(33(37)40)21-23-9-11-24(12-10-23)32(39)36-19-17-35(18-20-36)26-13-15-27(16-14-26)38(41)42/h1-16,21H,17-20,22H2/b31-21-. The van der Waals surface area contributed by atoms with Crippen LogP contribution < -0.4 is 9.80 Å². The number of benzene rings is 4. The number of rotatable bonds is 6. The molecule has 0 spiro atoms. The number of para-hydroxylation sites is 1. The van der Waals surface area contributed by atoms with Crippen LogP contribution in [0.4, 0.5) is 21.5 Å². The van der Waals surface area contributed by atoms with Crippen LogP contribution in [0.15, 0.2) is 107 Å². The molecule has 1 saturated heterocycles. The summed E-state index contributed by atoms with van der Waals surface area (Å²) < 4.78 is 14.5. The highest BCUT2D eigenvalue weighted by molar-refractivity contribution is 8.04. The summed E-state index contributed by atoms with van der Waals surface area (Å²) in [7, 11) is 0. The highest BCUT2D eigenvalue weighted by atomic mass is 32.2. The lowest BCUT2D eigenvalue weighted by Gasteiger charge is -2.36. The van der Waals surface area contributed by atoms with Crippen LogP contribution in [-0.4, -0.2) is 47.8 Å². The number of nitrogens with zero attached hydrogens (tertiary/aromatic N) is 4. The van der Waals surface area contributed by atoms with Gasteiger partial charge in [0.25, 0.3) is 17.5 Å². The number of amides is 2. The van der Waals surface area contributed by atoms with Crippen LogP contribution in [-0.2, 0) is 11.3 Å². The van der Waals surface area contributed by atoms with Crippen molar-refractivity contribution >= 4 is 46.7 Å². The Labute approximate surface area is 252 Å². The van der Waals surface area contributed by atoms with Gasteiger partial charge in [0.2, 0.25) is 0 Å². The predicted octanol–water partition coefficient (Wildman–Crippen LogP) is 6.38. The van der Waals surface area contributed by atoms with Crippen LogP contribution >= 0.6 is 11.8 Å². The minimum atomic E-state index is -0.421. The minimum Gasteiger partial charge on any atom is -0.368 e.